The number of halogens is 1. The second-order valence-electron chi connectivity index (χ2n) is 3.46. The lowest BCUT2D eigenvalue weighted by atomic mass is 10.1. The van der Waals surface area contributed by atoms with Gasteiger partial charge in [0.05, 0.1) is 11.4 Å². The maximum absolute atomic E-state index is 13.7. The molecular weight excluding hydrogens is 225 g/mol. The molecule has 80 valence electrons. The summed E-state index contributed by atoms with van der Waals surface area (Å²) < 4.78 is 15.4. The molecule has 0 amide bonds. The molecule has 5 heteroatoms. The number of rotatable bonds is 1. The van der Waals surface area contributed by atoms with E-state index in [2.05, 4.69) is 10.1 Å². The Kier molecular flexibility index (Phi) is 2.00. The molecule has 0 aliphatic heterocycles. The van der Waals surface area contributed by atoms with Crippen molar-refractivity contribution in [3.8, 4) is 11.3 Å². The summed E-state index contributed by atoms with van der Waals surface area (Å²) in [7, 11) is 0. The molecule has 0 N–H and O–H groups in total. The zero-order chi connectivity index (χ0) is 11.1. The third-order valence-corrected chi connectivity index (χ3v) is 3.12. The Morgan fingerprint density at radius 2 is 2.12 bits per heavy atom. The van der Waals surface area contributed by atoms with Gasteiger partial charge in [-0.25, -0.2) is 13.9 Å². The summed E-state index contributed by atoms with van der Waals surface area (Å²) in [5, 5.41) is 4.16. The number of nitrogens with zero attached hydrogens (tertiary/aromatic N) is 3. The minimum absolute atomic E-state index is 0.250. The van der Waals surface area contributed by atoms with Crippen LogP contribution in [0.15, 0.2) is 29.8 Å². The van der Waals surface area contributed by atoms with Crippen LogP contribution in [0.5, 0.6) is 0 Å². The molecule has 0 bridgehead atoms. The predicted octanol–water partition coefficient (Wildman–Crippen LogP) is 2.91. The topological polar surface area (TPSA) is 30.2 Å². The molecule has 0 saturated carbocycles. The van der Waals surface area contributed by atoms with Crippen LogP contribution in [0.25, 0.3) is 16.2 Å². The second kappa shape index (κ2) is 3.38. The van der Waals surface area contributed by atoms with Gasteiger partial charge in [0.25, 0.3) is 0 Å². The van der Waals surface area contributed by atoms with Crippen molar-refractivity contribution in [2.45, 2.75) is 6.92 Å². The van der Waals surface area contributed by atoms with Crippen molar-refractivity contribution in [3.05, 3.63) is 41.3 Å². The molecule has 16 heavy (non-hydrogen) atoms. The minimum Gasteiger partial charge on any atom is -0.222 e. The first-order valence-electron chi connectivity index (χ1n) is 4.81. The van der Waals surface area contributed by atoms with Crippen molar-refractivity contribution in [2.75, 3.05) is 0 Å². The van der Waals surface area contributed by atoms with E-state index in [1.165, 1.54) is 17.4 Å². The van der Waals surface area contributed by atoms with Crippen LogP contribution in [0.4, 0.5) is 4.39 Å². The monoisotopic (exact) mass is 233 g/mol. The molecule has 0 radical (unpaired) electrons. The van der Waals surface area contributed by atoms with Crippen molar-refractivity contribution in [1.82, 2.24) is 14.6 Å². The Balaban J connectivity index is 2.37. The summed E-state index contributed by atoms with van der Waals surface area (Å²) in [6, 6.07) is 6.67. The van der Waals surface area contributed by atoms with Gasteiger partial charge in [0.15, 0.2) is 0 Å². The Labute approximate surface area is 95.2 Å². The van der Waals surface area contributed by atoms with Gasteiger partial charge in [-0.3, -0.25) is 0 Å². The van der Waals surface area contributed by atoms with Gasteiger partial charge in [-0.05, 0) is 19.1 Å². The fraction of sp³-hybridized carbons (Fsp3) is 0.0909. The molecule has 3 nitrogen and oxygen atoms in total. The van der Waals surface area contributed by atoms with Gasteiger partial charge in [-0.2, -0.15) is 5.10 Å². The van der Waals surface area contributed by atoms with Crippen molar-refractivity contribution in [1.29, 1.82) is 0 Å². The van der Waals surface area contributed by atoms with Crippen LogP contribution in [0.3, 0.4) is 0 Å². The second-order valence-corrected chi connectivity index (χ2v) is 4.27. The maximum Gasteiger partial charge on any atom is 0.212 e. The lowest BCUT2D eigenvalue weighted by Gasteiger charge is -2.01. The van der Waals surface area contributed by atoms with Crippen molar-refractivity contribution < 1.29 is 4.39 Å². The molecule has 3 aromatic rings. The summed E-state index contributed by atoms with van der Waals surface area (Å²) in [5.41, 5.74) is 3.77. The van der Waals surface area contributed by atoms with Crippen molar-refractivity contribution in [2.24, 2.45) is 0 Å². The van der Waals surface area contributed by atoms with E-state index >= 15 is 0 Å². The third kappa shape index (κ3) is 1.25. The highest BCUT2D eigenvalue weighted by Gasteiger charge is 2.15. The fourth-order valence-corrected chi connectivity index (χ4v) is 2.42. The first-order chi connectivity index (χ1) is 7.77. The van der Waals surface area contributed by atoms with Crippen LogP contribution in [-0.4, -0.2) is 14.6 Å². The fourth-order valence-electron chi connectivity index (χ4n) is 1.76. The first-order valence-corrected chi connectivity index (χ1v) is 5.69. The highest BCUT2D eigenvalue weighted by atomic mass is 32.1. The molecule has 0 aliphatic carbocycles. The molecule has 2 aromatic heterocycles. The largest absolute Gasteiger partial charge is 0.222 e. The van der Waals surface area contributed by atoms with Crippen LogP contribution in [-0.2, 0) is 0 Å². The smallest absolute Gasteiger partial charge is 0.212 e. The normalized spacial score (nSPS) is 11.1. The van der Waals surface area contributed by atoms with Gasteiger partial charge >= 0.3 is 0 Å². The van der Waals surface area contributed by atoms with E-state index < -0.39 is 0 Å². The maximum atomic E-state index is 13.7. The van der Waals surface area contributed by atoms with Crippen LogP contribution in [0.1, 0.15) is 5.69 Å². The van der Waals surface area contributed by atoms with E-state index in [1.54, 1.807) is 22.2 Å². The van der Waals surface area contributed by atoms with Gasteiger partial charge in [-0.15, -0.1) is 0 Å². The Morgan fingerprint density at radius 3 is 2.94 bits per heavy atom. The van der Waals surface area contributed by atoms with Crippen LogP contribution < -0.4 is 0 Å². The minimum atomic E-state index is -0.250. The lowest BCUT2D eigenvalue weighted by molar-refractivity contribution is 0.630. The molecule has 0 aliphatic rings. The van der Waals surface area contributed by atoms with Crippen LogP contribution in [0.2, 0.25) is 0 Å². The lowest BCUT2D eigenvalue weighted by Crippen LogP contribution is -1.92. The Hall–Kier alpha value is -1.75. The summed E-state index contributed by atoms with van der Waals surface area (Å²) in [4.78, 5) is 5.13. The molecule has 0 saturated heterocycles. The van der Waals surface area contributed by atoms with E-state index in [0.29, 0.717) is 5.56 Å². The van der Waals surface area contributed by atoms with E-state index in [0.717, 1.165) is 16.3 Å². The predicted molar refractivity (Wildman–Crippen MR) is 61.0 cm³/mol. The zero-order valence-corrected chi connectivity index (χ0v) is 9.33. The van der Waals surface area contributed by atoms with Gasteiger partial charge in [-0.1, -0.05) is 23.5 Å². The van der Waals surface area contributed by atoms with Gasteiger partial charge in [0.2, 0.25) is 4.96 Å². The quantitative estimate of drug-likeness (QED) is 0.647. The summed E-state index contributed by atoms with van der Waals surface area (Å²) in [5.74, 6) is -0.250. The van der Waals surface area contributed by atoms with Crippen molar-refractivity contribution in [3.63, 3.8) is 0 Å². The summed E-state index contributed by atoms with van der Waals surface area (Å²) in [6.45, 7) is 1.86. The number of aryl methyl sites for hydroxylation is 1. The Morgan fingerprint density at radius 1 is 1.31 bits per heavy atom. The van der Waals surface area contributed by atoms with Gasteiger partial charge in [0.1, 0.15) is 11.3 Å². The van der Waals surface area contributed by atoms with E-state index in [4.69, 9.17) is 0 Å². The van der Waals surface area contributed by atoms with Gasteiger partial charge in [0, 0.05) is 5.56 Å². The van der Waals surface area contributed by atoms with E-state index in [-0.39, 0.29) is 5.82 Å². The van der Waals surface area contributed by atoms with E-state index in [1.807, 2.05) is 13.0 Å². The number of benzene rings is 1. The molecule has 0 fully saturated rings. The highest BCUT2D eigenvalue weighted by Crippen LogP contribution is 2.27. The molecule has 0 atom stereocenters. The number of fused-ring (bicyclic) bond motifs is 1. The average molecular weight is 233 g/mol. The highest BCUT2D eigenvalue weighted by molar-refractivity contribution is 7.14. The number of hydrogen-bond donors (Lipinski definition) is 0. The average Bonchev–Trinajstić information content (AvgIpc) is 2.79. The van der Waals surface area contributed by atoms with Crippen LogP contribution >= 0.6 is 11.3 Å². The summed E-state index contributed by atoms with van der Waals surface area (Å²) >= 11 is 1.44. The van der Waals surface area contributed by atoms with Crippen molar-refractivity contribution >= 4 is 16.3 Å². The molecule has 2 heterocycles. The number of aromatic nitrogens is 3. The summed E-state index contributed by atoms with van der Waals surface area (Å²) in [6.07, 6.45) is 0. The number of imidazole rings is 1. The number of hydrogen-bond acceptors (Lipinski definition) is 3. The Bertz CT molecular complexity index is 656. The van der Waals surface area contributed by atoms with Gasteiger partial charge < -0.3 is 0 Å². The third-order valence-electron chi connectivity index (χ3n) is 2.45. The SMILES string of the molecule is Cc1nc2scnn2c1-c1ccccc1F. The molecule has 0 spiro atoms. The molecule has 3 rings (SSSR count). The van der Waals surface area contributed by atoms with Crippen LogP contribution in [0, 0.1) is 12.7 Å². The molecule has 0 unspecified atom stereocenters. The molecular formula is C11H8FN3S. The zero-order valence-electron chi connectivity index (χ0n) is 8.51. The first kappa shape index (κ1) is 9.47. The standard InChI is InChI=1S/C11H8FN3S/c1-7-10(8-4-2-3-5-9(8)12)15-11(14-7)16-6-13-15/h2-6H,1H3. The molecule has 1 aromatic carbocycles. The van der Waals surface area contributed by atoms with E-state index in [9.17, 15) is 4.39 Å².